The highest BCUT2D eigenvalue weighted by Crippen LogP contribution is 2.14. The van der Waals surface area contributed by atoms with Crippen LogP contribution in [0.5, 0.6) is 0 Å². The van der Waals surface area contributed by atoms with Crippen LogP contribution in [0.3, 0.4) is 0 Å². The van der Waals surface area contributed by atoms with Crippen molar-refractivity contribution in [3.63, 3.8) is 0 Å². The quantitative estimate of drug-likeness (QED) is 0.806. The van der Waals surface area contributed by atoms with Gasteiger partial charge in [-0.1, -0.05) is 23.7 Å². The van der Waals surface area contributed by atoms with Crippen molar-refractivity contribution in [1.82, 2.24) is 5.32 Å². The summed E-state index contributed by atoms with van der Waals surface area (Å²) in [7, 11) is 0. The first-order chi connectivity index (χ1) is 7.24. The highest BCUT2D eigenvalue weighted by atomic mass is 35.5. The Balaban J connectivity index is 1.93. The third kappa shape index (κ3) is 3.20. The van der Waals surface area contributed by atoms with Crippen LogP contribution in [-0.2, 0) is 6.42 Å². The number of rotatable bonds is 2. The molecule has 0 aliphatic carbocycles. The summed E-state index contributed by atoms with van der Waals surface area (Å²) in [6.45, 7) is 1.04. The second-order valence-corrected chi connectivity index (χ2v) is 4.70. The van der Waals surface area contributed by atoms with E-state index in [1.165, 1.54) is 5.56 Å². The van der Waals surface area contributed by atoms with Gasteiger partial charge >= 0.3 is 0 Å². The summed E-state index contributed by atoms with van der Waals surface area (Å²) >= 11 is 5.84. The first-order valence-corrected chi connectivity index (χ1v) is 5.85. The average Bonchev–Trinajstić information content (AvgIpc) is 2.22. The maximum Gasteiger partial charge on any atom is 0.0406 e. The van der Waals surface area contributed by atoms with Gasteiger partial charge in [-0.05, 0) is 43.5 Å². The lowest BCUT2D eigenvalue weighted by Crippen LogP contribution is -2.44. The Morgan fingerprint density at radius 3 is 2.73 bits per heavy atom. The maximum absolute atomic E-state index is 5.94. The molecule has 0 amide bonds. The lowest BCUT2D eigenvalue weighted by molar-refractivity contribution is 0.360. The summed E-state index contributed by atoms with van der Waals surface area (Å²) in [5.41, 5.74) is 7.27. The molecule has 15 heavy (non-hydrogen) atoms. The molecule has 3 heteroatoms. The van der Waals surface area contributed by atoms with Gasteiger partial charge in [-0.2, -0.15) is 0 Å². The highest BCUT2D eigenvalue weighted by molar-refractivity contribution is 6.30. The smallest absolute Gasteiger partial charge is 0.0406 e. The topological polar surface area (TPSA) is 38.0 Å². The SMILES string of the molecule is N[C@H]1CCN[C@H](Cc2ccc(Cl)cc2)C1. The van der Waals surface area contributed by atoms with Crippen molar-refractivity contribution in [2.24, 2.45) is 5.73 Å². The molecule has 2 atom stereocenters. The van der Waals surface area contributed by atoms with Gasteiger partial charge in [-0.25, -0.2) is 0 Å². The van der Waals surface area contributed by atoms with E-state index in [2.05, 4.69) is 17.4 Å². The average molecular weight is 225 g/mol. The monoisotopic (exact) mass is 224 g/mol. The van der Waals surface area contributed by atoms with E-state index >= 15 is 0 Å². The van der Waals surface area contributed by atoms with Crippen molar-refractivity contribution in [2.75, 3.05) is 6.54 Å². The largest absolute Gasteiger partial charge is 0.328 e. The van der Waals surface area contributed by atoms with E-state index in [-0.39, 0.29) is 0 Å². The minimum atomic E-state index is 0.364. The Labute approximate surface area is 95.8 Å². The highest BCUT2D eigenvalue weighted by Gasteiger charge is 2.18. The van der Waals surface area contributed by atoms with Crippen LogP contribution in [-0.4, -0.2) is 18.6 Å². The van der Waals surface area contributed by atoms with Crippen molar-refractivity contribution in [3.8, 4) is 0 Å². The summed E-state index contributed by atoms with van der Waals surface area (Å²) in [5, 5.41) is 4.30. The number of nitrogens with one attached hydrogen (secondary N) is 1. The Hall–Kier alpha value is -0.570. The molecule has 1 saturated heterocycles. The van der Waals surface area contributed by atoms with Crippen molar-refractivity contribution in [1.29, 1.82) is 0 Å². The van der Waals surface area contributed by atoms with Gasteiger partial charge in [0, 0.05) is 17.1 Å². The number of hydrogen-bond donors (Lipinski definition) is 2. The van der Waals surface area contributed by atoms with Crippen molar-refractivity contribution < 1.29 is 0 Å². The Kier molecular flexibility index (Phi) is 3.62. The van der Waals surface area contributed by atoms with Crippen molar-refractivity contribution in [2.45, 2.75) is 31.3 Å². The van der Waals surface area contributed by atoms with Crippen molar-refractivity contribution >= 4 is 11.6 Å². The molecule has 1 fully saturated rings. The Morgan fingerprint density at radius 1 is 1.33 bits per heavy atom. The fourth-order valence-electron chi connectivity index (χ4n) is 2.10. The van der Waals surface area contributed by atoms with Crippen molar-refractivity contribution in [3.05, 3.63) is 34.9 Å². The van der Waals surface area contributed by atoms with Gasteiger partial charge in [0.2, 0.25) is 0 Å². The Bertz CT molecular complexity index is 310. The molecule has 0 spiro atoms. The zero-order valence-corrected chi connectivity index (χ0v) is 9.50. The number of hydrogen-bond acceptors (Lipinski definition) is 2. The number of nitrogens with two attached hydrogens (primary N) is 1. The molecular formula is C12H17ClN2. The van der Waals surface area contributed by atoms with E-state index in [0.717, 1.165) is 30.8 Å². The first-order valence-electron chi connectivity index (χ1n) is 5.47. The molecule has 0 saturated carbocycles. The minimum absolute atomic E-state index is 0.364. The first kappa shape index (κ1) is 10.9. The van der Waals surface area contributed by atoms with Gasteiger partial charge in [-0.3, -0.25) is 0 Å². The summed E-state index contributed by atoms with van der Waals surface area (Å²) < 4.78 is 0. The van der Waals surface area contributed by atoms with E-state index in [0.29, 0.717) is 12.1 Å². The molecule has 1 heterocycles. The number of halogens is 1. The van der Waals surface area contributed by atoms with Crippen LogP contribution in [0, 0.1) is 0 Å². The lowest BCUT2D eigenvalue weighted by atomic mass is 9.95. The van der Waals surface area contributed by atoms with E-state index in [1.54, 1.807) is 0 Å². The van der Waals surface area contributed by atoms with Gasteiger partial charge in [0.1, 0.15) is 0 Å². The molecular weight excluding hydrogens is 208 g/mol. The van der Waals surface area contributed by atoms with Crippen LogP contribution >= 0.6 is 11.6 Å². The molecule has 3 N–H and O–H groups in total. The lowest BCUT2D eigenvalue weighted by Gasteiger charge is -2.28. The van der Waals surface area contributed by atoms with E-state index in [1.807, 2.05) is 12.1 Å². The van der Waals surface area contributed by atoms with Gasteiger partial charge in [0.15, 0.2) is 0 Å². The third-order valence-corrected chi connectivity index (χ3v) is 3.18. The van der Waals surface area contributed by atoms with E-state index in [9.17, 15) is 0 Å². The molecule has 0 unspecified atom stereocenters. The fourth-order valence-corrected chi connectivity index (χ4v) is 2.23. The van der Waals surface area contributed by atoms with E-state index < -0.39 is 0 Å². The summed E-state index contributed by atoms with van der Waals surface area (Å²) in [5.74, 6) is 0. The molecule has 1 aromatic carbocycles. The molecule has 82 valence electrons. The summed E-state index contributed by atoms with van der Waals surface area (Å²) in [6.07, 6.45) is 3.21. The summed E-state index contributed by atoms with van der Waals surface area (Å²) in [4.78, 5) is 0. The predicted molar refractivity (Wildman–Crippen MR) is 64.2 cm³/mol. The number of benzene rings is 1. The minimum Gasteiger partial charge on any atom is -0.328 e. The van der Waals surface area contributed by atoms with Crippen LogP contribution < -0.4 is 11.1 Å². The van der Waals surface area contributed by atoms with Gasteiger partial charge in [0.05, 0.1) is 0 Å². The molecule has 2 nitrogen and oxygen atoms in total. The molecule has 1 aliphatic heterocycles. The molecule has 0 radical (unpaired) electrons. The van der Waals surface area contributed by atoms with E-state index in [4.69, 9.17) is 17.3 Å². The van der Waals surface area contributed by atoms with Crippen LogP contribution in [0.1, 0.15) is 18.4 Å². The van der Waals surface area contributed by atoms with Gasteiger partial charge in [0.25, 0.3) is 0 Å². The zero-order chi connectivity index (χ0) is 10.7. The van der Waals surface area contributed by atoms with Gasteiger partial charge < -0.3 is 11.1 Å². The summed E-state index contributed by atoms with van der Waals surface area (Å²) in [6, 6.07) is 8.95. The van der Waals surface area contributed by atoms with Crippen LogP contribution in [0.4, 0.5) is 0 Å². The second kappa shape index (κ2) is 4.97. The molecule has 0 bridgehead atoms. The zero-order valence-electron chi connectivity index (χ0n) is 8.75. The second-order valence-electron chi connectivity index (χ2n) is 4.27. The fraction of sp³-hybridized carbons (Fsp3) is 0.500. The van der Waals surface area contributed by atoms with Crippen LogP contribution in [0.2, 0.25) is 5.02 Å². The number of piperidine rings is 1. The molecule has 2 rings (SSSR count). The van der Waals surface area contributed by atoms with Gasteiger partial charge in [-0.15, -0.1) is 0 Å². The molecule has 1 aromatic rings. The molecule has 1 aliphatic rings. The maximum atomic E-state index is 5.94. The standard InChI is InChI=1S/C12H17ClN2/c13-10-3-1-9(2-4-10)7-12-8-11(14)5-6-15-12/h1-4,11-12,15H,5-8,14H2/t11-,12+/m0/s1. The molecule has 0 aromatic heterocycles. The third-order valence-electron chi connectivity index (χ3n) is 2.93. The normalized spacial score (nSPS) is 26.5. The predicted octanol–water partition coefficient (Wildman–Crippen LogP) is 1.96. The van der Waals surface area contributed by atoms with Crippen LogP contribution in [0.25, 0.3) is 0 Å². The van der Waals surface area contributed by atoms with Crippen LogP contribution in [0.15, 0.2) is 24.3 Å². The Morgan fingerprint density at radius 2 is 2.07 bits per heavy atom.